The third kappa shape index (κ3) is 1.51. The molecule has 0 spiro atoms. The van der Waals surface area contributed by atoms with Crippen LogP contribution < -0.4 is 10.5 Å². The van der Waals surface area contributed by atoms with Crippen LogP contribution in [0.25, 0.3) is 0 Å². The number of nitrogens with two attached hydrogens (primary N) is 1. The quantitative estimate of drug-likeness (QED) is 0.695. The molecule has 0 radical (unpaired) electrons. The molecule has 0 atom stereocenters. The van der Waals surface area contributed by atoms with Crippen LogP contribution in [0.3, 0.4) is 0 Å². The maximum atomic E-state index is 9.39. The Morgan fingerprint density at radius 2 is 2.17 bits per heavy atom. The molecule has 0 fully saturated rings. The molecule has 12 heavy (non-hydrogen) atoms. The van der Waals surface area contributed by atoms with Crippen molar-refractivity contribution in [1.29, 1.82) is 0 Å². The van der Waals surface area contributed by atoms with Crippen LogP contribution in [0.2, 0.25) is 0 Å². The van der Waals surface area contributed by atoms with E-state index < -0.39 is 0 Å². The number of ether oxygens (including phenoxy) is 1. The summed E-state index contributed by atoms with van der Waals surface area (Å²) in [6.07, 6.45) is 0. The lowest BCUT2D eigenvalue weighted by molar-refractivity contribution is 0.403. The minimum Gasteiger partial charge on any atom is -0.507 e. The van der Waals surface area contributed by atoms with Crippen LogP contribution in [0.5, 0.6) is 11.5 Å². The molecule has 1 aromatic rings. The Hall–Kier alpha value is -1.22. The van der Waals surface area contributed by atoms with Crippen molar-refractivity contribution < 1.29 is 9.84 Å². The second-order valence-electron chi connectivity index (χ2n) is 2.65. The molecule has 0 aliphatic heterocycles. The third-order valence-electron chi connectivity index (χ3n) is 1.82. The van der Waals surface area contributed by atoms with Gasteiger partial charge in [0.2, 0.25) is 0 Å². The smallest absolute Gasteiger partial charge is 0.125 e. The summed E-state index contributed by atoms with van der Waals surface area (Å²) in [5.41, 5.74) is 7.14. The van der Waals surface area contributed by atoms with E-state index in [2.05, 4.69) is 0 Å². The van der Waals surface area contributed by atoms with Crippen LogP contribution in [0.4, 0.5) is 0 Å². The van der Waals surface area contributed by atoms with Gasteiger partial charge in [-0.25, -0.2) is 0 Å². The van der Waals surface area contributed by atoms with Crippen LogP contribution in [-0.4, -0.2) is 12.2 Å². The molecule has 0 aliphatic rings. The second kappa shape index (κ2) is 3.45. The fourth-order valence-electron chi connectivity index (χ4n) is 1.12. The zero-order valence-electron chi connectivity index (χ0n) is 7.29. The molecule has 0 unspecified atom stereocenters. The molecular formula is C9H13NO2. The lowest BCUT2D eigenvalue weighted by Gasteiger charge is -2.08. The van der Waals surface area contributed by atoms with Crippen molar-refractivity contribution in [3.63, 3.8) is 0 Å². The number of phenolic OH excluding ortho intramolecular Hbond substituents is 1. The van der Waals surface area contributed by atoms with E-state index in [-0.39, 0.29) is 5.75 Å². The average Bonchev–Trinajstić information content (AvgIpc) is 2.08. The molecule has 3 nitrogen and oxygen atoms in total. The van der Waals surface area contributed by atoms with Gasteiger partial charge >= 0.3 is 0 Å². The Morgan fingerprint density at radius 1 is 1.50 bits per heavy atom. The van der Waals surface area contributed by atoms with Gasteiger partial charge in [-0.2, -0.15) is 0 Å². The van der Waals surface area contributed by atoms with Crippen molar-refractivity contribution in [2.45, 2.75) is 13.5 Å². The first-order valence-electron chi connectivity index (χ1n) is 3.75. The largest absolute Gasteiger partial charge is 0.507 e. The van der Waals surface area contributed by atoms with E-state index in [1.54, 1.807) is 13.2 Å². The maximum absolute atomic E-state index is 9.39. The van der Waals surface area contributed by atoms with Gasteiger partial charge in [0.1, 0.15) is 11.5 Å². The summed E-state index contributed by atoms with van der Waals surface area (Å²) in [5, 5.41) is 9.39. The van der Waals surface area contributed by atoms with E-state index in [1.807, 2.05) is 13.0 Å². The minimum atomic E-state index is 0.194. The van der Waals surface area contributed by atoms with Gasteiger partial charge in [-0.3, -0.25) is 0 Å². The zero-order valence-corrected chi connectivity index (χ0v) is 7.29. The van der Waals surface area contributed by atoms with Crippen LogP contribution in [-0.2, 0) is 6.54 Å². The summed E-state index contributed by atoms with van der Waals surface area (Å²) in [5.74, 6) is 0.879. The van der Waals surface area contributed by atoms with Gasteiger partial charge < -0.3 is 15.6 Å². The molecule has 0 bridgehead atoms. The molecule has 1 rings (SSSR count). The van der Waals surface area contributed by atoms with Gasteiger partial charge in [-0.1, -0.05) is 0 Å². The van der Waals surface area contributed by atoms with Gasteiger partial charge in [0, 0.05) is 18.2 Å². The monoisotopic (exact) mass is 167 g/mol. The van der Waals surface area contributed by atoms with Crippen molar-refractivity contribution in [3.8, 4) is 11.5 Å². The van der Waals surface area contributed by atoms with Gasteiger partial charge in [-0.05, 0) is 18.6 Å². The van der Waals surface area contributed by atoms with Crippen LogP contribution in [0.1, 0.15) is 11.1 Å². The molecule has 0 aliphatic carbocycles. The zero-order chi connectivity index (χ0) is 9.14. The van der Waals surface area contributed by atoms with Crippen LogP contribution in [0, 0.1) is 6.92 Å². The molecule has 0 aromatic heterocycles. The van der Waals surface area contributed by atoms with Crippen molar-refractivity contribution in [3.05, 3.63) is 23.3 Å². The SMILES string of the molecule is COc1cc(O)c(CN)cc1C. The summed E-state index contributed by atoms with van der Waals surface area (Å²) in [7, 11) is 1.57. The van der Waals surface area contributed by atoms with Gasteiger partial charge in [0.05, 0.1) is 7.11 Å². The van der Waals surface area contributed by atoms with Crippen molar-refractivity contribution in [2.24, 2.45) is 5.73 Å². The summed E-state index contributed by atoms with van der Waals surface area (Å²) in [6, 6.07) is 3.41. The first-order chi connectivity index (χ1) is 5.69. The molecule has 0 saturated carbocycles. The van der Waals surface area contributed by atoms with Crippen molar-refractivity contribution >= 4 is 0 Å². The normalized spacial score (nSPS) is 9.92. The Labute approximate surface area is 71.8 Å². The van der Waals surface area contributed by atoms with Gasteiger partial charge in [0.25, 0.3) is 0 Å². The fraction of sp³-hybridized carbons (Fsp3) is 0.333. The van der Waals surface area contributed by atoms with Crippen LogP contribution in [0.15, 0.2) is 12.1 Å². The predicted molar refractivity (Wildman–Crippen MR) is 47.3 cm³/mol. The Bertz CT molecular complexity index is 254. The van der Waals surface area contributed by atoms with Crippen molar-refractivity contribution in [2.75, 3.05) is 7.11 Å². The molecule has 0 saturated heterocycles. The first kappa shape index (κ1) is 8.87. The van der Waals surface area contributed by atoms with Gasteiger partial charge in [0.15, 0.2) is 0 Å². The van der Waals surface area contributed by atoms with E-state index in [0.717, 1.165) is 11.1 Å². The Morgan fingerprint density at radius 3 is 2.67 bits per heavy atom. The highest BCUT2D eigenvalue weighted by Gasteiger charge is 2.04. The summed E-state index contributed by atoms with van der Waals surface area (Å²) in [6.45, 7) is 2.26. The summed E-state index contributed by atoms with van der Waals surface area (Å²) in [4.78, 5) is 0. The highest BCUT2D eigenvalue weighted by Crippen LogP contribution is 2.26. The first-order valence-corrected chi connectivity index (χ1v) is 3.75. The lowest BCUT2D eigenvalue weighted by atomic mass is 10.1. The second-order valence-corrected chi connectivity index (χ2v) is 2.65. The predicted octanol–water partition coefficient (Wildman–Crippen LogP) is 1.17. The molecule has 3 heteroatoms. The van der Waals surface area contributed by atoms with E-state index in [1.165, 1.54) is 0 Å². The molecule has 3 N–H and O–H groups in total. The van der Waals surface area contributed by atoms with Crippen molar-refractivity contribution in [1.82, 2.24) is 0 Å². The maximum Gasteiger partial charge on any atom is 0.125 e. The highest BCUT2D eigenvalue weighted by atomic mass is 16.5. The topological polar surface area (TPSA) is 55.5 Å². The minimum absolute atomic E-state index is 0.194. The number of aryl methyl sites for hydroxylation is 1. The fourth-order valence-corrected chi connectivity index (χ4v) is 1.12. The standard InChI is InChI=1S/C9H13NO2/c1-6-3-7(5-10)8(11)4-9(6)12-2/h3-4,11H,5,10H2,1-2H3. The molecule has 0 amide bonds. The van der Waals surface area contributed by atoms with E-state index >= 15 is 0 Å². The number of phenols is 1. The Kier molecular flexibility index (Phi) is 2.55. The highest BCUT2D eigenvalue weighted by molar-refractivity contribution is 5.45. The number of rotatable bonds is 2. The number of hydrogen-bond acceptors (Lipinski definition) is 3. The number of benzene rings is 1. The average molecular weight is 167 g/mol. The number of hydrogen-bond donors (Lipinski definition) is 2. The summed E-state index contributed by atoms with van der Waals surface area (Å²) < 4.78 is 5.02. The third-order valence-corrected chi connectivity index (χ3v) is 1.82. The lowest BCUT2D eigenvalue weighted by Crippen LogP contribution is -1.98. The van der Waals surface area contributed by atoms with E-state index in [4.69, 9.17) is 10.5 Å². The van der Waals surface area contributed by atoms with Crippen LogP contribution >= 0.6 is 0 Å². The van der Waals surface area contributed by atoms with E-state index in [0.29, 0.717) is 12.3 Å². The van der Waals surface area contributed by atoms with Gasteiger partial charge in [-0.15, -0.1) is 0 Å². The molecule has 1 aromatic carbocycles. The number of methoxy groups -OCH3 is 1. The molecule has 0 heterocycles. The number of aromatic hydroxyl groups is 1. The molecule has 66 valence electrons. The van der Waals surface area contributed by atoms with E-state index in [9.17, 15) is 5.11 Å². The Balaban J connectivity index is 3.16. The summed E-state index contributed by atoms with van der Waals surface area (Å²) >= 11 is 0. The molecular weight excluding hydrogens is 154 g/mol.